The number of carbonyl (C=O) groups is 2. The van der Waals surface area contributed by atoms with Gasteiger partial charge in [-0.3, -0.25) is 19.5 Å². The number of aromatic nitrogens is 1. The van der Waals surface area contributed by atoms with Crippen molar-refractivity contribution in [1.82, 2.24) is 14.8 Å². The number of Topliss-reactive ketones (excluding diaryl/α,β-unsaturated/α-hetero) is 1. The second-order valence-corrected chi connectivity index (χ2v) is 9.02. The molecule has 1 aromatic carbocycles. The van der Waals surface area contributed by atoms with Gasteiger partial charge in [-0.25, -0.2) is 0 Å². The molecule has 3 heterocycles. The Kier molecular flexibility index (Phi) is 9.14. The van der Waals surface area contributed by atoms with E-state index in [1.54, 1.807) is 29.2 Å². The number of ether oxygens (including phenoxy) is 3. The first-order valence-corrected chi connectivity index (χ1v) is 12.9. The molecule has 2 aliphatic heterocycles. The number of hydrogen-bond acceptors (Lipinski definition) is 8. The maximum Gasteiger partial charge on any atom is 0.295 e. The van der Waals surface area contributed by atoms with Crippen molar-refractivity contribution in [3.63, 3.8) is 0 Å². The molecular formula is C28H35N3O6. The van der Waals surface area contributed by atoms with E-state index >= 15 is 0 Å². The third-order valence-electron chi connectivity index (χ3n) is 6.52. The van der Waals surface area contributed by atoms with Gasteiger partial charge in [-0.2, -0.15) is 0 Å². The lowest BCUT2D eigenvalue weighted by molar-refractivity contribution is -0.140. The number of benzene rings is 1. The van der Waals surface area contributed by atoms with E-state index in [-0.39, 0.29) is 11.3 Å². The van der Waals surface area contributed by atoms with Crippen LogP contribution < -0.4 is 9.47 Å². The van der Waals surface area contributed by atoms with Crippen molar-refractivity contribution in [2.45, 2.75) is 32.7 Å². The molecular weight excluding hydrogens is 474 g/mol. The molecule has 1 aromatic heterocycles. The number of morpholine rings is 1. The van der Waals surface area contributed by atoms with Gasteiger partial charge in [0.2, 0.25) is 0 Å². The number of amides is 1. The third-order valence-corrected chi connectivity index (χ3v) is 6.52. The normalized spacial score (nSPS) is 19.8. The van der Waals surface area contributed by atoms with Crippen LogP contribution in [0.5, 0.6) is 11.5 Å². The van der Waals surface area contributed by atoms with Crippen LogP contribution in [0.15, 0.2) is 48.3 Å². The van der Waals surface area contributed by atoms with Crippen LogP contribution in [-0.4, -0.2) is 84.2 Å². The summed E-state index contributed by atoms with van der Waals surface area (Å²) in [5.41, 5.74) is 1.17. The Hall–Kier alpha value is -3.43. The number of pyridine rings is 1. The number of hydrogen-bond donors (Lipinski definition) is 1. The van der Waals surface area contributed by atoms with Crippen molar-refractivity contribution in [2.75, 3.05) is 52.6 Å². The predicted molar refractivity (Wildman–Crippen MR) is 139 cm³/mol. The van der Waals surface area contributed by atoms with E-state index in [4.69, 9.17) is 14.2 Å². The molecule has 9 heteroatoms. The smallest absolute Gasteiger partial charge is 0.295 e. The maximum atomic E-state index is 13.3. The number of aliphatic hydroxyl groups is 1. The third kappa shape index (κ3) is 6.11. The topological polar surface area (TPSA) is 101 Å². The van der Waals surface area contributed by atoms with Gasteiger partial charge in [-0.05, 0) is 49.6 Å². The summed E-state index contributed by atoms with van der Waals surface area (Å²) >= 11 is 0. The molecule has 4 rings (SSSR count). The van der Waals surface area contributed by atoms with Gasteiger partial charge < -0.3 is 24.2 Å². The minimum absolute atomic E-state index is 0.0623. The van der Waals surface area contributed by atoms with E-state index in [2.05, 4.69) is 9.88 Å². The van der Waals surface area contributed by atoms with E-state index < -0.39 is 17.7 Å². The molecule has 1 atom stereocenters. The predicted octanol–water partition coefficient (Wildman–Crippen LogP) is 3.41. The number of likely N-dealkylation sites (tertiary alicyclic amines) is 1. The Morgan fingerprint density at radius 3 is 2.51 bits per heavy atom. The van der Waals surface area contributed by atoms with Gasteiger partial charge in [0.25, 0.3) is 11.7 Å². The minimum atomic E-state index is -0.753. The van der Waals surface area contributed by atoms with Crippen molar-refractivity contribution in [3.05, 3.63) is 59.4 Å². The molecule has 0 spiro atoms. The monoisotopic (exact) mass is 509 g/mol. The highest BCUT2D eigenvalue weighted by Crippen LogP contribution is 2.42. The number of rotatable bonds is 11. The van der Waals surface area contributed by atoms with Crippen molar-refractivity contribution >= 4 is 17.4 Å². The fourth-order valence-electron chi connectivity index (χ4n) is 4.71. The first-order chi connectivity index (χ1) is 18.0. The van der Waals surface area contributed by atoms with Crippen molar-refractivity contribution in [2.24, 2.45) is 0 Å². The molecule has 9 nitrogen and oxygen atoms in total. The summed E-state index contributed by atoms with van der Waals surface area (Å²) in [6.45, 7) is 9.14. The van der Waals surface area contributed by atoms with Gasteiger partial charge in [0, 0.05) is 44.1 Å². The number of carbonyl (C=O) groups excluding carboxylic acids is 2. The SMILES string of the molecule is CCCOc1ccc(C2C(=C(O)c3ccncc3)C(=O)C(=O)N2CCCN2CCOCC2)cc1OCC. The molecule has 0 radical (unpaired) electrons. The van der Waals surface area contributed by atoms with Crippen LogP contribution in [0.25, 0.3) is 5.76 Å². The summed E-state index contributed by atoms with van der Waals surface area (Å²) in [6.07, 6.45) is 4.61. The fraction of sp³-hybridized carbons (Fsp3) is 0.464. The average Bonchev–Trinajstić information content (AvgIpc) is 3.18. The summed E-state index contributed by atoms with van der Waals surface area (Å²) in [5.74, 6) is -0.394. The lowest BCUT2D eigenvalue weighted by Crippen LogP contribution is -2.39. The zero-order valence-corrected chi connectivity index (χ0v) is 21.5. The molecule has 0 aliphatic carbocycles. The van der Waals surface area contributed by atoms with E-state index in [0.29, 0.717) is 62.0 Å². The molecule has 2 fully saturated rings. The molecule has 1 N–H and O–H groups in total. The van der Waals surface area contributed by atoms with Crippen LogP contribution in [0.2, 0.25) is 0 Å². The van der Waals surface area contributed by atoms with Crippen LogP contribution in [-0.2, 0) is 14.3 Å². The zero-order chi connectivity index (χ0) is 26.2. The number of aliphatic hydroxyl groups excluding tert-OH is 1. The highest BCUT2D eigenvalue weighted by molar-refractivity contribution is 6.46. The Morgan fingerprint density at radius 2 is 1.81 bits per heavy atom. The minimum Gasteiger partial charge on any atom is -0.507 e. The van der Waals surface area contributed by atoms with Crippen LogP contribution in [0.4, 0.5) is 0 Å². The lowest BCUT2D eigenvalue weighted by Gasteiger charge is -2.29. The second-order valence-electron chi connectivity index (χ2n) is 9.02. The quantitative estimate of drug-likeness (QED) is 0.279. The Morgan fingerprint density at radius 1 is 1.05 bits per heavy atom. The van der Waals surface area contributed by atoms with Crippen molar-refractivity contribution in [3.8, 4) is 11.5 Å². The Bertz CT molecular complexity index is 1110. The van der Waals surface area contributed by atoms with E-state index in [9.17, 15) is 14.7 Å². The zero-order valence-electron chi connectivity index (χ0n) is 21.5. The summed E-state index contributed by atoms with van der Waals surface area (Å²) in [6, 6.07) is 7.92. The molecule has 2 aliphatic rings. The standard InChI is InChI=1S/C28H35N3O6/c1-3-16-37-22-7-6-21(19-23(22)36-4-2)25-24(26(32)20-8-10-29-11-9-20)27(33)28(34)31(25)13-5-12-30-14-17-35-18-15-30/h6-11,19,25,32H,3-5,12-18H2,1-2H3. The number of ketones is 1. The number of nitrogens with zero attached hydrogens (tertiary/aromatic N) is 3. The molecule has 1 unspecified atom stereocenters. The van der Waals surface area contributed by atoms with Crippen LogP contribution in [0, 0.1) is 0 Å². The molecule has 0 saturated carbocycles. The van der Waals surface area contributed by atoms with Gasteiger partial charge in [-0.15, -0.1) is 0 Å². The summed E-state index contributed by atoms with van der Waals surface area (Å²) in [4.78, 5) is 34.4. The Labute approximate surface area is 217 Å². The summed E-state index contributed by atoms with van der Waals surface area (Å²) in [5, 5.41) is 11.2. The average molecular weight is 510 g/mol. The van der Waals surface area contributed by atoms with Crippen LogP contribution in [0.3, 0.4) is 0 Å². The summed E-state index contributed by atoms with van der Waals surface area (Å²) in [7, 11) is 0. The molecule has 2 aromatic rings. The maximum absolute atomic E-state index is 13.3. The molecule has 0 bridgehead atoms. The van der Waals surface area contributed by atoms with E-state index in [1.165, 1.54) is 12.4 Å². The highest BCUT2D eigenvalue weighted by Gasteiger charge is 2.46. The highest BCUT2D eigenvalue weighted by atomic mass is 16.5. The first-order valence-electron chi connectivity index (χ1n) is 12.9. The van der Waals surface area contributed by atoms with Crippen LogP contribution in [0.1, 0.15) is 43.9 Å². The van der Waals surface area contributed by atoms with E-state index in [0.717, 1.165) is 26.1 Å². The van der Waals surface area contributed by atoms with Gasteiger partial charge in [0.05, 0.1) is 38.0 Å². The molecule has 37 heavy (non-hydrogen) atoms. The Balaban J connectivity index is 1.71. The fourth-order valence-corrected chi connectivity index (χ4v) is 4.71. The van der Waals surface area contributed by atoms with Gasteiger partial charge >= 0.3 is 0 Å². The first kappa shape index (κ1) is 26.6. The van der Waals surface area contributed by atoms with Gasteiger partial charge in [-0.1, -0.05) is 13.0 Å². The second kappa shape index (κ2) is 12.7. The van der Waals surface area contributed by atoms with E-state index in [1.807, 2.05) is 19.9 Å². The molecule has 1 amide bonds. The van der Waals surface area contributed by atoms with Crippen LogP contribution >= 0.6 is 0 Å². The largest absolute Gasteiger partial charge is 0.507 e. The lowest BCUT2D eigenvalue weighted by atomic mass is 9.95. The molecule has 198 valence electrons. The molecule has 2 saturated heterocycles. The van der Waals surface area contributed by atoms with Gasteiger partial charge in [0.15, 0.2) is 11.5 Å². The van der Waals surface area contributed by atoms with Crippen molar-refractivity contribution in [1.29, 1.82) is 0 Å². The van der Waals surface area contributed by atoms with Gasteiger partial charge in [0.1, 0.15) is 5.76 Å². The summed E-state index contributed by atoms with van der Waals surface area (Å²) < 4.78 is 17.1. The van der Waals surface area contributed by atoms with Crippen molar-refractivity contribution < 1.29 is 28.9 Å².